The second kappa shape index (κ2) is 8.93. The van der Waals surface area contributed by atoms with E-state index in [1.54, 1.807) is 0 Å². The minimum Gasteiger partial charge on any atom is -0.493 e. The first kappa shape index (κ1) is 24.1. The molecule has 3 aliphatic heterocycles. The van der Waals surface area contributed by atoms with E-state index < -0.39 is 23.8 Å². The van der Waals surface area contributed by atoms with Crippen molar-refractivity contribution in [3.63, 3.8) is 0 Å². The summed E-state index contributed by atoms with van der Waals surface area (Å²) in [7, 11) is 6.02. The predicted octanol–water partition coefficient (Wildman–Crippen LogP) is 2.25. The minimum absolute atomic E-state index is 0.0684. The first-order valence-corrected chi connectivity index (χ1v) is 12.1. The molecule has 0 bridgehead atoms. The average Bonchev–Trinajstić information content (AvgIpc) is 3.61. The van der Waals surface area contributed by atoms with Gasteiger partial charge in [0, 0.05) is 18.9 Å². The molecule has 11 nitrogen and oxygen atoms in total. The summed E-state index contributed by atoms with van der Waals surface area (Å²) in [5.74, 6) is -0.167. The molecule has 0 N–H and O–H groups in total. The Labute approximate surface area is 218 Å². The van der Waals surface area contributed by atoms with Gasteiger partial charge in [0.25, 0.3) is 5.91 Å². The predicted molar refractivity (Wildman–Crippen MR) is 131 cm³/mol. The molecule has 4 atom stereocenters. The fourth-order valence-electron chi connectivity index (χ4n) is 5.89. The molecule has 2 aromatic rings. The van der Waals surface area contributed by atoms with Crippen molar-refractivity contribution in [3.05, 3.63) is 41.0 Å². The van der Waals surface area contributed by atoms with E-state index in [1.165, 1.54) is 28.4 Å². The molecule has 3 heterocycles. The molecular formula is C27H26N2O9. The van der Waals surface area contributed by atoms with E-state index in [0.717, 1.165) is 21.6 Å². The highest BCUT2D eigenvalue weighted by Gasteiger charge is 2.53. The van der Waals surface area contributed by atoms with Gasteiger partial charge >= 0.3 is 5.97 Å². The lowest BCUT2D eigenvalue weighted by Gasteiger charge is -2.37. The van der Waals surface area contributed by atoms with Crippen LogP contribution in [0.25, 0.3) is 0 Å². The zero-order valence-corrected chi connectivity index (χ0v) is 21.3. The van der Waals surface area contributed by atoms with E-state index in [2.05, 4.69) is 0 Å². The first-order valence-electron chi connectivity index (χ1n) is 12.1. The standard InChI is InChI=1S/C27H26N2O9/c1-29-21(30)9-16(26(29)31)28-24-14-8-18-17(37-11-38-18)7-13(14)22(23-15(24)10-36-27(23)32)12-5-19(33-2)25(35-4)20(6-12)34-3/h5-8,15,22-24H,9-11H2,1-4H3/t15-,22+,23-,24+/m0/s1. The van der Waals surface area contributed by atoms with Gasteiger partial charge in [-0.3, -0.25) is 24.3 Å². The molecule has 2 aromatic carbocycles. The number of nitrogens with zero attached hydrogens (tertiary/aromatic N) is 2. The fraction of sp³-hybridized carbons (Fsp3) is 0.407. The van der Waals surface area contributed by atoms with Crippen molar-refractivity contribution >= 4 is 23.5 Å². The molecule has 4 aliphatic rings. The number of amides is 2. The number of likely N-dealkylation sites (tertiary alicyclic amines) is 1. The number of benzene rings is 2. The number of esters is 1. The Morgan fingerprint density at radius 2 is 1.55 bits per heavy atom. The van der Waals surface area contributed by atoms with Crippen molar-refractivity contribution in [1.82, 2.24) is 4.90 Å². The van der Waals surface area contributed by atoms with Crippen LogP contribution in [0.2, 0.25) is 0 Å². The van der Waals surface area contributed by atoms with Crippen molar-refractivity contribution in [2.75, 3.05) is 41.8 Å². The number of cyclic esters (lactones) is 1. The topological polar surface area (TPSA) is 122 Å². The van der Waals surface area contributed by atoms with Crippen molar-refractivity contribution in [3.8, 4) is 28.7 Å². The summed E-state index contributed by atoms with van der Waals surface area (Å²) in [5.41, 5.74) is 2.47. The number of methoxy groups -OCH3 is 3. The number of fused-ring (bicyclic) bond motifs is 3. The van der Waals surface area contributed by atoms with E-state index in [-0.39, 0.29) is 43.3 Å². The smallest absolute Gasteiger partial charge is 0.310 e. The van der Waals surface area contributed by atoms with Gasteiger partial charge in [-0.2, -0.15) is 0 Å². The van der Waals surface area contributed by atoms with Gasteiger partial charge in [0.15, 0.2) is 23.0 Å². The molecule has 38 heavy (non-hydrogen) atoms. The zero-order valence-electron chi connectivity index (χ0n) is 21.3. The molecule has 0 radical (unpaired) electrons. The summed E-state index contributed by atoms with van der Waals surface area (Å²) >= 11 is 0. The van der Waals surface area contributed by atoms with Crippen molar-refractivity contribution in [2.45, 2.75) is 18.4 Å². The lowest BCUT2D eigenvalue weighted by Crippen LogP contribution is -2.35. The summed E-state index contributed by atoms with van der Waals surface area (Å²) in [6.45, 7) is 0.191. The number of hydrogen-bond acceptors (Lipinski definition) is 10. The van der Waals surface area contributed by atoms with E-state index in [1.807, 2.05) is 24.3 Å². The molecule has 2 amide bonds. The van der Waals surface area contributed by atoms with Gasteiger partial charge in [-0.25, -0.2) is 0 Å². The van der Waals surface area contributed by atoms with Gasteiger partial charge in [-0.1, -0.05) is 0 Å². The molecule has 0 saturated carbocycles. The van der Waals surface area contributed by atoms with Crippen LogP contribution in [0, 0.1) is 11.8 Å². The molecule has 1 aliphatic carbocycles. The number of carbonyl (C=O) groups is 3. The first-order chi connectivity index (χ1) is 18.4. The van der Waals surface area contributed by atoms with E-state index in [4.69, 9.17) is 33.4 Å². The zero-order chi connectivity index (χ0) is 26.7. The number of aliphatic imine (C=N–C) groups is 1. The van der Waals surface area contributed by atoms with Crippen molar-refractivity contribution in [1.29, 1.82) is 0 Å². The van der Waals surface area contributed by atoms with Gasteiger partial charge in [0.1, 0.15) is 5.71 Å². The third kappa shape index (κ3) is 3.48. The number of imide groups is 1. The average molecular weight is 523 g/mol. The molecule has 2 saturated heterocycles. The van der Waals surface area contributed by atoms with E-state index >= 15 is 0 Å². The molecule has 0 aromatic heterocycles. The highest BCUT2D eigenvalue weighted by Crippen LogP contribution is 2.56. The highest BCUT2D eigenvalue weighted by atomic mass is 16.7. The molecule has 198 valence electrons. The molecule has 2 fully saturated rings. The Morgan fingerprint density at radius 3 is 2.13 bits per heavy atom. The second-order valence-electron chi connectivity index (χ2n) is 9.55. The maximum atomic E-state index is 13.3. The Kier molecular flexibility index (Phi) is 5.66. The lowest BCUT2D eigenvalue weighted by molar-refractivity contribution is -0.141. The maximum Gasteiger partial charge on any atom is 0.310 e. The van der Waals surface area contributed by atoms with Crippen LogP contribution in [-0.2, 0) is 19.1 Å². The SMILES string of the molecule is COc1cc([C@@H]2c3cc4c(cc3[C@@H](N=C3CC(=O)N(C)C3=O)[C@H]3COC(=O)[C@H]23)OCO4)cc(OC)c1OC. The summed E-state index contributed by atoms with van der Waals surface area (Å²) in [6.07, 6.45) is -0.0891. The van der Waals surface area contributed by atoms with E-state index in [9.17, 15) is 14.4 Å². The summed E-state index contributed by atoms with van der Waals surface area (Å²) in [5, 5.41) is 0. The fourth-order valence-corrected chi connectivity index (χ4v) is 5.89. The van der Waals surface area contributed by atoms with Gasteiger partial charge in [0.05, 0.1) is 46.3 Å². The van der Waals surface area contributed by atoms with Gasteiger partial charge < -0.3 is 28.4 Å². The number of hydrogen-bond donors (Lipinski definition) is 0. The quantitative estimate of drug-likeness (QED) is 0.430. The Morgan fingerprint density at radius 1 is 0.895 bits per heavy atom. The number of rotatable bonds is 5. The largest absolute Gasteiger partial charge is 0.493 e. The Bertz CT molecular complexity index is 1380. The van der Waals surface area contributed by atoms with E-state index in [0.29, 0.717) is 28.7 Å². The molecule has 0 unspecified atom stereocenters. The Hall–Kier alpha value is -4.28. The van der Waals surface area contributed by atoms with Crippen LogP contribution in [-0.4, -0.2) is 70.2 Å². The monoisotopic (exact) mass is 522 g/mol. The molecule has 0 spiro atoms. The van der Waals surface area contributed by atoms with Gasteiger partial charge in [-0.15, -0.1) is 0 Å². The minimum atomic E-state index is -0.620. The van der Waals surface area contributed by atoms with Crippen LogP contribution >= 0.6 is 0 Å². The molecule has 6 rings (SSSR count). The Balaban J connectivity index is 1.57. The third-order valence-electron chi connectivity index (χ3n) is 7.73. The summed E-state index contributed by atoms with van der Waals surface area (Å²) in [4.78, 5) is 44.1. The van der Waals surface area contributed by atoms with Crippen LogP contribution in [0.5, 0.6) is 28.7 Å². The third-order valence-corrected chi connectivity index (χ3v) is 7.73. The molecular weight excluding hydrogens is 496 g/mol. The summed E-state index contributed by atoms with van der Waals surface area (Å²) in [6, 6.07) is 6.75. The van der Waals surface area contributed by atoms with Gasteiger partial charge in [0.2, 0.25) is 18.4 Å². The van der Waals surface area contributed by atoms with Gasteiger partial charge in [-0.05, 0) is 41.0 Å². The molecule has 11 heteroatoms. The van der Waals surface area contributed by atoms with Crippen LogP contribution in [0.1, 0.15) is 35.1 Å². The second-order valence-corrected chi connectivity index (χ2v) is 9.55. The van der Waals surface area contributed by atoms with Crippen LogP contribution in [0.3, 0.4) is 0 Å². The van der Waals surface area contributed by atoms with Crippen molar-refractivity contribution in [2.24, 2.45) is 16.8 Å². The summed E-state index contributed by atoms with van der Waals surface area (Å²) < 4.78 is 33.6. The maximum absolute atomic E-state index is 13.3. The van der Waals surface area contributed by atoms with Crippen LogP contribution < -0.4 is 23.7 Å². The number of ether oxygens (including phenoxy) is 6. The normalized spacial score (nSPS) is 26.4. The van der Waals surface area contributed by atoms with Crippen LogP contribution in [0.4, 0.5) is 0 Å². The van der Waals surface area contributed by atoms with Crippen LogP contribution in [0.15, 0.2) is 29.3 Å². The lowest BCUT2D eigenvalue weighted by atomic mass is 9.65. The number of carbonyl (C=O) groups excluding carboxylic acids is 3. The van der Waals surface area contributed by atoms with Crippen molar-refractivity contribution < 1.29 is 42.8 Å². The highest BCUT2D eigenvalue weighted by molar-refractivity contribution is 6.48.